The quantitative estimate of drug-likeness (QED) is 0.385. The van der Waals surface area contributed by atoms with Crippen LogP contribution in [0.1, 0.15) is 25.7 Å². The first-order valence-corrected chi connectivity index (χ1v) is 4.72. The molecule has 0 radical (unpaired) electrons. The summed E-state index contributed by atoms with van der Waals surface area (Å²) in [6.07, 6.45) is 6.52. The monoisotopic (exact) mass is 198 g/mol. The average Bonchev–Trinajstić information content (AvgIpc) is 2.17. The smallest absolute Gasteiger partial charge is 0.305 e. The molecule has 0 aromatic carbocycles. The van der Waals surface area contributed by atoms with Gasteiger partial charge >= 0.3 is 5.97 Å². The van der Waals surface area contributed by atoms with Crippen molar-refractivity contribution in [3.05, 3.63) is 24.3 Å². The molecule has 0 aliphatic carbocycles. The molecule has 0 atom stereocenters. The van der Waals surface area contributed by atoms with Crippen molar-refractivity contribution < 1.29 is 14.6 Å². The maximum atomic E-state index is 10.7. The Morgan fingerprint density at radius 2 is 2.21 bits per heavy atom. The van der Waals surface area contributed by atoms with Crippen LogP contribution in [0.5, 0.6) is 0 Å². The first-order chi connectivity index (χ1) is 6.70. The van der Waals surface area contributed by atoms with E-state index in [-0.39, 0.29) is 12.6 Å². The summed E-state index contributed by atoms with van der Waals surface area (Å²) in [5.41, 5.74) is 0.908. The van der Waals surface area contributed by atoms with Crippen molar-refractivity contribution in [2.45, 2.75) is 25.7 Å². The molecule has 80 valence electrons. The van der Waals surface area contributed by atoms with Crippen LogP contribution in [0.15, 0.2) is 24.3 Å². The second kappa shape index (κ2) is 8.51. The largest absolute Gasteiger partial charge is 0.469 e. The zero-order chi connectivity index (χ0) is 10.8. The van der Waals surface area contributed by atoms with E-state index in [1.54, 1.807) is 0 Å². The van der Waals surface area contributed by atoms with Crippen molar-refractivity contribution in [3.63, 3.8) is 0 Å². The van der Waals surface area contributed by atoms with Crippen molar-refractivity contribution >= 4 is 5.97 Å². The summed E-state index contributed by atoms with van der Waals surface area (Å²) in [6, 6.07) is 0. The predicted octanol–water partition coefficient (Wildman–Crippen LogP) is 1.82. The first kappa shape index (κ1) is 12.9. The molecule has 3 nitrogen and oxygen atoms in total. The van der Waals surface area contributed by atoms with E-state index in [4.69, 9.17) is 5.11 Å². The summed E-state index contributed by atoms with van der Waals surface area (Å²) >= 11 is 0. The molecule has 0 aromatic rings. The van der Waals surface area contributed by atoms with E-state index in [0.717, 1.165) is 18.4 Å². The fraction of sp³-hybridized carbons (Fsp3) is 0.545. The van der Waals surface area contributed by atoms with Crippen molar-refractivity contribution in [2.24, 2.45) is 0 Å². The maximum absolute atomic E-state index is 10.7. The topological polar surface area (TPSA) is 46.5 Å². The van der Waals surface area contributed by atoms with Gasteiger partial charge in [0.1, 0.15) is 0 Å². The number of ether oxygens (including phenoxy) is 1. The number of rotatable bonds is 7. The highest BCUT2D eigenvalue weighted by molar-refractivity contribution is 5.69. The van der Waals surface area contributed by atoms with E-state index in [1.807, 2.05) is 12.2 Å². The van der Waals surface area contributed by atoms with Gasteiger partial charge in [-0.1, -0.05) is 24.3 Å². The van der Waals surface area contributed by atoms with E-state index in [1.165, 1.54) is 7.11 Å². The third-order valence-electron chi connectivity index (χ3n) is 1.77. The Kier molecular flexibility index (Phi) is 7.84. The molecular weight excluding hydrogens is 180 g/mol. The summed E-state index contributed by atoms with van der Waals surface area (Å²) in [5, 5.41) is 8.59. The van der Waals surface area contributed by atoms with E-state index < -0.39 is 0 Å². The Morgan fingerprint density at radius 1 is 1.50 bits per heavy atom. The SMILES string of the molecule is C=C(/C=C/CCCC(=O)OC)CCO. The van der Waals surface area contributed by atoms with Gasteiger partial charge < -0.3 is 9.84 Å². The lowest BCUT2D eigenvalue weighted by atomic mass is 10.1. The van der Waals surface area contributed by atoms with Crippen molar-refractivity contribution in [1.29, 1.82) is 0 Å². The number of hydrogen-bond acceptors (Lipinski definition) is 3. The lowest BCUT2D eigenvalue weighted by Gasteiger charge is -1.97. The van der Waals surface area contributed by atoms with Crippen LogP contribution in [-0.4, -0.2) is 24.8 Å². The Balaban J connectivity index is 3.44. The van der Waals surface area contributed by atoms with Crippen molar-refractivity contribution in [3.8, 4) is 0 Å². The second-order valence-corrected chi connectivity index (χ2v) is 3.00. The standard InChI is InChI=1S/C11H18O3/c1-10(8-9-12)6-4-3-5-7-11(13)14-2/h4,6,12H,1,3,5,7-9H2,2H3/b6-4+. The van der Waals surface area contributed by atoms with Gasteiger partial charge in [0.15, 0.2) is 0 Å². The van der Waals surface area contributed by atoms with Crippen LogP contribution in [0, 0.1) is 0 Å². The summed E-state index contributed by atoms with van der Waals surface area (Å²) in [6.45, 7) is 3.89. The molecular formula is C11H18O3. The zero-order valence-electron chi connectivity index (χ0n) is 8.66. The number of carbonyl (C=O) groups is 1. The summed E-state index contributed by atoms with van der Waals surface area (Å²) < 4.78 is 4.50. The van der Waals surface area contributed by atoms with E-state index in [9.17, 15) is 4.79 Å². The number of esters is 1. The molecule has 0 saturated carbocycles. The molecule has 0 bridgehead atoms. The molecule has 0 heterocycles. The molecule has 0 saturated heterocycles. The Morgan fingerprint density at radius 3 is 2.79 bits per heavy atom. The van der Waals surface area contributed by atoms with Crippen LogP contribution in [0.25, 0.3) is 0 Å². The minimum atomic E-state index is -0.174. The molecule has 0 amide bonds. The van der Waals surface area contributed by atoms with E-state index in [0.29, 0.717) is 12.8 Å². The third-order valence-corrected chi connectivity index (χ3v) is 1.77. The predicted molar refractivity (Wildman–Crippen MR) is 55.8 cm³/mol. The lowest BCUT2D eigenvalue weighted by molar-refractivity contribution is -0.140. The van der Waals surface area contributed by atoms with Gasteiger partial charge in [-0.25, -0.2) is 0 Å². The molecule has 0 aliphatic heterocycles. The van der Waals surface area contributed by atoms with Crippen LogP contribution in [-0.2, 0) is 9.53 Å². The number of allylic oxidation sites excluding steroid dienone is 2. The fourth-order valence-corrected chi connectivity index (χ4v) is 0.943. The molecule has 0 unspecified atom stereocenters. The van der Waals surface area contributed by atoms with Crippen molar-refractivity contribution in [2.75, 3.05) is 13.7 Å². The average molecular weight is 198 g/mol. The Bertz CT molecular complexity index is 207. The zero-order valence-corrected chi connectivity index (χ0v) is 8.66. The van der Waals surface area contributed by atoms with Gasteiger partial charge in [0.05, 0.1) is 7.11 Å². The summed E-state index contributed by atoms with van der Waals surface area (Å²) in [7, 11) is 1.39. The minimum absolute atomic E-state index is 0.130. The van der Waals surface area contributed by atoms with E-state index >= 15 is 0 Å². The van der Waals surface area contributed by atoms with Crippen LogP contribution >= 0.6 is 0 Å². The number of hydrogen-bond donors (Lipinski definition) is 1. The Labute approximate surface area is 85.1 Å². The number of aliphatic hydroxyl groups is 1. The highest BCUT2D eigenvalue weighted by atomic mass is 16.5. The first-order valence-electron chi connectivity index (χ1n) is 4.72. The van der Waals surface area contributed by atoms with Gasteiger partial charge in [0.25, 0.3) is 0 Å². The number of unbranched alkanes of at least 4 members (excludes halogenated alkanes) is 1. The van der Waals surface area contributed by atoms with Gasteiger partial charge in [-0.05, 0) is 19.3 Å². The number of methoxy groups -OCH3 is 1. The van der Waals surface area contributed by atoms with Crippen LogP contribution in [0.2, 0.25) is 0 Å². The molecule has 0 rings (SSSR count). The highest BCUT2D eigenvalue weighted by Gasteiger charge is 1.96. The Hall–Kier alpha value is -1.09. The highest BCUT2D eigenvalue weighted by Crippen LogP contribution is 2.03. The summed E-state index contributed by atoms with van der Waals surface area (Å²) in [4.78, 5) is 10.7. The van der Waals surface area contributed by atoms with Gasteiger partial charge in [0, 0.05) is 13.0 Å². The molecule has 3 heteroatoms. The molecule has 1 N–H and O–H groups in total. The molecule has 0 aromatic heterocycles. The molecule has 0 spiro atoms. The summed E-state index contributed by atoms with van der Waals surface area (Å²) in [5.74, 6) is -0.174. The van der Waals surface area contributed by atoms with Crippen LogP contribution in [0.4, 0.5) is 0 Å². The number of carbonyl (C=O) groups excluding carboxylic acids is 1. The van der Waals surface area contributed by atoms with Gasteiger partial charge in [-0.3, -0.25) is 4.79 Å². The fourth-order valence-electron chi connectivity index (χ4n) is 0.943. The normalized spacial score (nSPS) is 10.4. The molecule has 14 heavy (non-hydrogen) atoms. The van der Waals surface area contributed by atoms with Crippen molar-refractivity contribution in [1.82, 2.24) is 0 Å². The van der Waals surface area contributed by atoms with Gasteiger partial charge in [-0.15, -0.1) is 0 Å². The van der Waals surface area contributed by atoms with Crippen LogP contribution < -0.4 is 0 Å². The second-order valence-electron chi connectivity index (χ2n) is 3.00. The number of aliphatic hydroxyl groups excluding tert-OH is 1. The molecule has 0 aliphatic rings. The van der Waals surface area contributed by atoms with Gasteiger partial charge in [0.2, 0.25) is 0 Å². The third kappa shape index (κ3) is 7.55. The van der Waals surface area contributed by atoms with E-state index in [2.05, 4.69) is 11.3 Å². The molecule has 0 fully saturated rings. The van der Waals surface area contributed by atoms with Gasteiger partial charge in [-0.2, -0.15) is 0 Å². The lowest BCUT2D eigenvalue weighted by Crippen LogP contribution is -1.98. The minimum Gasteiger partial charge on any atom is -0.469 e. The maximum Gasteiger partial charge on any atom is 0.305 e. The van der Waals surface area contributed by atoms with Crippen LogP contribution in [0.3, 0.4) is 0 Å².